The van der Waals surface area contributed by atoms with Gasteiger partial charge in [-0.3, -0.25) is 4.21 Å². The molecule has 0 saturated carbocycles. The van der Waals surface area contributed by atoms with Crippen LogP contribution in [-0.4, -0.2) is 33.5 Å². The normalized spacial score (nSPS) is 28.3. The van der Waals surface area contributed by atoms with Gasteiger partial charge in [-0.2, -0.15) is 0 Å². The van der Waals surface area contributed by atoms with E-state index >= 15 is 0 Å². The van der Waals surface area contributed by atoms with Gasteiger partial charge in [-0.05, 0) is 47.9 Å². The number of amides is 1. The van der Waals surface area contributed by atoms with Crippen LogP contribution >= 0.6 is 0 Å². The van der Waals surface area contributed by atoms with Crippen LogP contribution in [0.4, 0.5) is 4.79 Å². The third-order valence-corrected chi connectivity index (χ3v) is 8.64. The fourth-order valence-electron chi connectivity index (χ4n) is 5.16. The Kier molecular flexibility index (Phi) is 4.71. The molecule has 2 heterocycles. The van der Waals surface area contributed by atoms with Crippen LogP contribution < -0.4 is 5.32 Å². The second-order valence-corrected chi connectivity index (χ2v) is 10.1. The summed E-state index contributed by atoms with van der Waals surface area (Å²) in [4.78, 5) is 12.5. The fourth-order valence-corrected chi connectivity index (χ4v) is 7.34. The second-order valence-electron chi connectivity index (χ2n) is 8.14. The topological polar surface area (TPSA) is 55.4 Å². The molecule has 28 heavy (non-hydrogen) atoms. The van der Waals surface area contributed by atoms with Crippen molar-refractivity contribution >= 4 is 16.9 Å². The van der Waals surface area contributed by atoms with Crippen molar-refractivity contribution in [3.05, 3.63) is 59.7 Å². The first-order chi connectivity index (χ1) is 13.7. The highest BCUT2D eigenvalue weighted by atomic mass is 32.2. The molecule has 2 unspecified atom stereocenters. The van der Waals surface area contributed by atoms with E-state index in [9.17, 15) is 9.00 Å². The molecule has 4 nitrogen and oxygen atoms in total. The van der Waals surface area contributed by atoms with E-state index in [1.54, 1.807) is 0 Å². The van der Waals surface area contributed by atoms with Crippen molar-refractivity contribution in [3.63, 3.8) is 0 Å². The summed E-state index contributed by atoms with van der Waals surface area (Å²) in [7, 11) is -0.719. The Morgan fingerprint density at radius 2 is 1.54 bits per heavy atom. The van der Waals surface area contributed by atoms with E-state index in [4.69, 9.17) is 4.74 Å². The van der Waals surface area contributed by atoms with Gasteiger partial charge in [-0.25, -0.2) is 4.79 Å². The highest BCUT2D eigenvalue weighted by Crippen LogP contribution is 2.44. The molecule has 2 atom stereocenters. The van der Waals surface area contributed by atoms with E-state index in [0.717, 1.165) is 25.7 Å². The molecule has 3 aliphatic rings. The first-order valence-electron chi connectivity index (χ1n) is 10.2. The molecule has 5 rings (SSSR count). The summed E-state index contributed by atoms with van der Waals surface area (Å²) < 4.78 is 18.0. The van der Waals surface area contributed by atoms with E-state index < -0.39 is 10.8 Å². The zero-order valence-electron chi connectivity index (χ0n) is 15.8. The Morgan fingerprint density at radius 3 is 2.14 bits per heavy atom. The number of ether oxygens (including phenoxy) is 1. The van der Waals surface area contributed by atoms with Gasteiger partial charge in [-0.1, -0.05) is 55.0 Å². The number of rotatable bonds is 3. The minimum Gasteiger partial charge on any atom is -0.449 e. The molecule has 1 N–H and O–H groups in total. The van der Waals surface area contributed by atoms with Crippen LogP contribution in [0.1, 0.15) is 49.1 Å². The Bertz CT molecular complexity index is 866. The second kappa shape index (κ2) is 7.36. The summed E-state index contributed by atoms with van der Waals surface area (Å²) in [6, 6.07) is 16.8. The van der Waals surface area contributed by atoms with Crippen molar-refractivity contribution in [2.24, 2.45) is 0 Å². The third-order valence-electron chi connectivity index (χ3n) is 6.47. The highest BCUT2D eigenvalue weighted by molar-refractivity contribution is 7.86. The molecule has 2 saturated heterocycles. The van der Waals surface area contributed by atoms with Gasteiger partial charge in [0, 0.05) is 33.3 Å². The van der Waals surface area contributed by atoms with E-state index in [1.807, 2.05) is 12.1 Å². The maximum absolute atomic E-state index is 12.5. The Morgan fingerprint density at radius 1 is 0.964 bits per heavy atom. The molecule has 2 aromatic carbocycles. The number of nitrogens with one attached hydrogen (secondary N) is 1. The van der Waals surface area contributed by atoms with Crippen LogP contribution in [0.5, 0.6) is 0 Å². The van der Waals surface area contributed by atoms with Gasteiger partial charge in [0.25, 0.3) is 0 Å². The largest absolute Gasteiger partial charge is 0.449 e. The van der Waals surface area contributed by atoms with Gasteiger partial charge in [0.2, 0.25) is 0 Å². The maximum atomic E-state index is 12.5. The van der Waals surface area contributed by atoms with E-state index in [2.05, 4.69) is 41.7 Å². The number of carbonyl (C=O) groups is 1. The zero-order chi connectivity index (χ0) is 19.1. The summed E-state index contributed by atoms with van der Waals surface area (Å²) in [5, 5.41) is 3.53. The molecule has 0 radical (unpaired) electrons. The lowest BCUT2D eigenvalue weighted by Crippen LogP contribution is -2.48. The molecule has 2 bridgehead atoms. The van der Waals surface area contributed by atoms with Gasteiger partial charge in [0.15, 0.2) is 0 Å². The molecule has 1 aliphatic carbocycles. The standard InChI is InChI=1S/C23H25NO3S/c25-23(24-15-12-16-6-5-7-17(13-15)28(16)26)27-14-22-20-10-3-1-8-18(20)19-9-2-4-11-21(19)22/h1-4,8-11,15-17,22H,5-7,12-14H2,(H,24,25). The number of benzene rings is 2. The van der Waals surface area contributed by atoms with E-state index in [-0.39, 0.29) is 28.6 Å². The van der Waals surface area contributed by atoms with Gasteiger partial charge < -0.3 is 10.1 Å². The molecule has 0 spiro atoms. The predicted octanol–water partition coefficient (Wildman–Crippen LogP) is 4.36. The van der Waals surface area contributed by atoms with Crippen molar-refractivity contribution in [3.8, 4) is 11.1 Å². The van der Waals surface area contributed by atoms with Crippen LogP contribution in [0.15, 0.2) is 48.5 Å². The lowest BCUT2D eigenvalue weighted by Gasteiger charge is -2.38. The molecule has 2 aromatic rings. The maximum Gasteiger partial charge on any atom is 0.407 e. The number of alkyl carbamates (subject to hydrolysis) is 1. The van der Waals surface area contributed by atoms with Crippen molar-refractivity contribution < 1.29 is 13.7 Å². The molecular weight excluding hydrogens is 370 g/mol. The molecule has 2 fully saturated rings. The lowest BCUT2D eigenvalue weighted by atomic mass is 9.95. The van der Waals surface area contributed by atoms with Crippen LogP contribution in [0.25, 0.3) is 11.1 Å². The SMILES string of the molecule is O=C(NC1CC2CCCC(C1)S2=O)OCC1c2ccccc2-c2ccccc21. The minimum atomic E-state index is -0.719. The zero-order valence-corrected chi connectivity index (χ0v) is 16.6. The molecule has 1 amide bonds. The monoisotopic (exact) mass is 395 g/mol. The Labute approximate surface area is 168 Å². The molecule has 5 heteroatoms. The van der Waals surface area contributed by atoms with Crippen molar-refractivity contribution in [1.82, 2.24) is 5.32 Å². The van der Waals surface area contributed by atoms with E-state index in [0.29, 0.717) is 6.61 Å². The smallest absolute Gasteiger partial charge is 0.407 e. The predicted molar refractivity (Wildman–Crippen MR) is 111 cm³/mol. The summed E-state index contributed by atoms with van der Waals surface area (Å²) in [5.74, 6) is 0.0800. The number of hydrogen-bond acceptors (Lipinski definition) is 3. The molecule has 146 valence electrons. The van der Waals surface area contributed by atoms with Crippen molar-refractivity contribution in [2.45, 2.75) is 54.6 Å². The molecule has 2 aliphatic heterocycles. The Balaban J connectivity index is 1.24. The average Bonchev–Trinajstić information content (AvgIpc) is 3.01. The van der Waals surface area contributed by atoms with Gasteiger partial charge in [0.1, 0.15) is 6.61 Å². The summed E-state index contributed by atoms with van der Waals surface area (Å²) >= 11 is 0. The van der Waals surface area contributed by atoms with E-state index in [1.165, 1.54) is 28.7 Å². The Hall–Kier alpha value is -2.14. The lowest BCUT2D eigenvalue weighted by molar-refractivity contribution is 0.137. The van der Waals surface area contributed by atoms with Crippen molar-refractivity contribution in [1.29, 1.82) is 0 Å². The van der Waals surface area contributed by atoms with Gasteiger partial charge in [0.05, 0.1) is 0 Å². The van der Waals surface area contributed by atoms with Crippen LogP contribution in [0.2, 0.25) is 0 Å². The quantitative estimate of drug-likeness (QED) is 0.840. The first-order valence-corrected chi connectivity index (χ1v) is 11.5. The molecule has 0 aromatic heterocycles. The fraction of sp³-hybridized carbons (Fsp3) is 0.435. The number of fused-ring (bicyclic) bond motifs is 5. The minimum absolute atomic E-state index is 0.0800. The summed E-state index contributed by atoms with van der Waals surface area (Å²) in [6.45, 7) is 0.339. The number of carbonyl (C=O) groups excluding carboxylic acids is 1. The number of hydrogen-bond donors (Lipinski definition) is 1. The molecular formula is C23H25NO3S. The summed E-state index contributed by atoms with van der Waals surface area (Å²) in [5.41, 5.74) is 4.91. The van der Waals surface area contributed by atoms with Gasteiger partial charge >= 0.3 is 6.09 Å². The van der Waals surface area contributed by atoms with Crippen LogP contribution in [0.3, 0.4) is 0 Å². The summed E-state index contributed by atoms with van der Waals surface area (Å²) in [6.07, 6.45) is 4.48. The first kappa shape index (κ1) is 17.9. The highest BCUT2D eigenvalue weighted by Gasteiger charge is 2.38. The van der Waals surface area contributed by atoms with Gasteiger partial charge in [-0.15, -0.1) is 0 Å². The third kappa shape index (κ3) is 3.16. The van der Waals surface area contributed by atoms with Crippen molar-refractivity contribution in [2.75, 3.05) is 6.61 Å². The van der Waals surface area contributed by atoms with Crippen LogP contribution in [0, 0.1) is 0 Å². The van der Waals surface area contributed by atoms with Crippen LogP contribution in [-0.2, 0) is 15.5 Å². The average molecular weight is 396 g/mol.